The highest BCUT2D eigenvalue weighted by atomic mass is 35.5. The number of aliphatic carboxylic acids is 1. The lowest BCUT2D eigenvalue weighted by Gasteiger charge is -2.19. The molecule has 0 bridgehead atoms. The average molecular weight is 613 g/mol. The number of carbonyl (C=O) groups is 2. The summed E-state index contributed by atoms with van der Waals surface area (Å²) in [5, 5.41) is 28.4. The number of carboxylic acids is 1. The Morgan fingerprint density at radius 1 is 0.976 bits per heavy atom. The van der Waals surface area contributed by atoms with E-state index in [-0.39, 0.29) is 23.8 Å². The van der Waals surface area contributed by atoms with E-state index in [2.05, 4.69) is 5.32 Å². The normalized spacial score (nSPS) is 15.5. The second-order valence-electron chi connectivity index (χ2n) is 10.2. The molecule has 5 rings (SSSR count). The summed E-state index contributed by atoms with van der Waals surface area (Å²) in [6.45, 7) is 0. The summed E-state index contributed by atoms with van der Waals surface area (Å²) in [5.74, 6) is -1.65. The van der Waals surface area contributed by atoms with Crippen LogP contribution in [-0.2, 0) is 24.1 Å². The van der Waals surface area contributed by atoms with Crippen molar-refractivity contribution in [1.29, 1.82) is 0 Å². The fraction of sp³-hybridized carbons (Fsp3) is 0.258. The number of phenols is 1. The molecule has 1 heterocycles. The van der Waals surface area contributed by atoms with Crippen LogP contribution >= 0.6 is 34.8 Å². The van der Waals surface area contributed by atoms with Crippen molar-refractivity contribution in [3.05, 3.63) is 110 Å². The number of rotatable bonds is 8. The van der Waals surface area contributed by atoms with Crippen LogP contribution in [0.4, 0.5) is 0 Å². The number of fused-ring (bicyclic) bond motifs is 1. The topological polar surface area (TPSA) is 104 Å². The lowest BCUT2D eigenvalue weighted by atomic mass is 9.91. The number of nitrogens with zero attached hydrogens (tertiary/aromatic N) is 2. The Morgan fingerprint density at radius 3 is 2.44 bits per heavy atom. The minimum atomic E-state index is -1.19. The Labute approximate surface area is 252 Å². The molecule has 7 nitrogen and oxygen atoms in total. The molecule has 1 aliphatic rings. The SMILES string of the molecule is O=C(N[C@H](Cc1ccc(O)cc1)C(=O)O)c1nn(-c2ccc(Cl)cc2Cl)c2c1CCCCC2Cc1cccc(Cl)c1. The molecule has 1 unspecified atom stereocenters. The van der Waals surface area contributed by atoms with Gasteiger partial charge in [-0.2, -0.15) is 5.10 Å². The van der Waals surface area contributed by atoms with Gasteiger partial charge in [0.25, 0.3) is 5.91 Å². The highest BCUT2D eigenvalue weighted by Gasteiger charge is 2.32. The fourth-order valence-electron chi connectivity index (χ4n) is 5.42. The molecule has 0 saturated heterocycles. The van der Waals surface area contributed by atoms with Gasteiger partial charge in [0, 0.05) is 27.9 Å². The molecule has 0 fully saturated rings. The van der Waals surface area contributed by atoms with E-state index < -0.39 is 17.9 Å². The zero-order valence-electron chi connectivity index (χ0n) is 22.0. The van der Waals surface area contributed by atoms with E-state index in [1.165, 1.54) is 12.1 Å². The van der Waals surface area contributed by atoms with Crippen LogP contribution in [0.1, 0.15) is 58.1 Å². The summed E-state index contributed by atoms with van der Waals surface area (Å²) < 4.78 is 1.72. The third-order valence-electron chi connectivity index (χ3n) is 7.34. The predicted molar refractivity (Wildman–Crippen MR) is 160 cm³/mol. The first kappa shape index (κ1) is 29.0. The van der Waals surface area contributed by atoms with E-state index in [1.54, 1.807) is 35.0 Å². The molecule has 3 N–H and O–H groups in total. The van der Waals surface area contributed by atoms with Gasteiger partial charge in [-0.05, 0) is 79.3 Å². The number of amides is 1. The minimum absolute atomic E-state index is 0.0130. The summed E-state index contributed by atoms with van der Waals surface area (Å²) in [6, 6.07) is 17.9. The van der Waals surface area contributed by atoms with Gasteiger partial charge in [0.1, 0.15) is 11.8 Å². The van der Waals surface area contributed by atoms with Crippen LogP contribution in [0.3, 0.4) is 0 Å². The van der Waals surface area contributed by atoms with Gasteiger partial charge < -0.3 is 15.5 Å². The Morgan fingerprint density at radius 2 is 1.73 bits per heavy atom. The monoisotopic (exact) mass is 611 g/mol. The molecule has 4 aromatic rings. The van der Waals surface area contributed by atoms with E-state index in [4.69, 9.17) is 39.9 Å². The smallest absolute Gasteiger partial charge is 0.326 e. The standard InChI is InChI=1S/C31H28Cl3N3O4/c32-21-6-3-4-19(15-21)14-20-5-1-2-7-24-28(36-37(29(20)24)27-13-10-22(33)17-25(27)34)30(39)35-26(31(40)41)16-18-8-11-23(38)12-9-18/h3-4,6,8-13,15,17,20,26,38H,1-2,5,7,14,16H2,(H,35,39)(H,40,41)/t20?,26-/m1/s1. The Kier molecular flexibility index (Phi) is 8.88. The van der Waals surface area contributed by atoms with Crippen molar-refractivity contribution >= 4 is 46.7 Å². The van der Waals surface area contributed by atoms with Crippen LogP contribution < -0.4 is 5.32 Å². The van der Waals surface area contributed by atoms with Gasteiger partial charge in [0.2, 0.25) is 0 Å². The highest BCUT2D eigenvalue weighted by molar-refractivity contribution is 6.35. The van der Waals surface area contributed by atoms with Gasteiger partial charge in [0.05, 0.1) is 16.4 Å². The van der Waals surface area contributed by atoms with Gasteiger partial charge in [-0.3, -0.25) is 4.79 Å². The molecule has 0 spiro atoms. The van der Waals surface area contributed by atoms with E-state index in [0.717, 1.165) is 36.1 Å². The molecule has 0 saturated carbocycles. The Bertz CT molecular complexity index is 1590. The molecule has 1 aliphatic carbocycles. The Balaban J connectivity index is 1.56. The molecule has 41 heavy (non-hydrogen) atoms. The molecular formula is C31H28Cl3N3O4. The average Bonchev–Trinajstić information content (AvgIpc) is 3.18. The maximum absolute atomic E-state index is 13.7. The van der Waals surface area contributed by atoms with Crippen molar-refractivity contribution < 1.29 is 19.8 Å². The number of hydrogen-bond acceptors (Lipinski definition) is 4. The third-order valence-corrected chi connectivity index (χ3v) is 8.12. The summed E-state index contributed by atoms with van der Waals surface area (Å²) in [5.41, 5.74) is 4.16. The fourth-order valence-corrected chi connectivity index (χ4v) is 6.12. The van der Waals surface area contributed by atoms with E-state index >= 15 is 0 Å². The largest absolute Gasteiger partial charge is 0.508 e. The van der Waals surface area contributed by atoms with E-state index in [9.17, 15) is 19.8 Å². The molecule has 1 amide bonds. The second-order valence-corrected chi connectivity index (χ2v) is 11.5. The highest BCUT2D eigenvalue weighted by Crippen LogP contribution is 2.38. The number of phenolic OH excluding ortho intramolecular Hbond substituents is 1. The maximum atomic E-state index is 13.7. The molecule has 1 aromatic heterocycles. The van der Waals surface area contributed by atoms with Crippen molar-refractivity contribution in [2.75, 3.05) is 0 Å². The number of aromatic nitrogens is 2. The summed E-state index contributed by atoms with van der Waals surface area (Å²) in [7, 11) is 0. The molecule has 10 heteroatoms. The number of hydrogen-bond donors (Lipinski definition) is 3. The number of nitrogens with one attached hydrogen (secondary N) is 1. The second kappa shape index (κ2) is 12.6. The van der Waals surface area contributed by atoms with Crippen molar-refractivity contribution in [1.82, 2.24) is 15.1 Å². The molecule has 3 aromatic carbocycles. The van der Waals surface area contributed by atoms with Crippen LogP contribution in [0, 0.1) is 0 Å². The van der Waals surface area contributed by atoms with Gasteiger partial charge in [0.15, 0.2) is 5.69 Å². The summed E-state index contributed by atoms with van der Waals surface area (Å²) in [4.78, 5) is 25.9. The predicted octanol–water partition coefficient (Wildman–Crippen LogP) is 7.02. The molecule has 2 atom stereocenters. The zero-order chi connectivity index (χ0) is 29.1. The van der Waals surface area contributed by atoms with Crippen LogP contribution in [0.25, 0.3) is 5.69 Å². The maximum Gasteiger partial charge on any atom is 0.326 e. The molecular weight excluding hydrogens is 585 g/mol. The van der Waals surface area contributed by atoms with Crippen LogP contribution in [0.2, 0.25) is 15.1 Å². The van der Waals surface area contributed by atoms with Crippen LogP contribution in [0.5, 0.6) is 5.75 Å². The van der Waals surface area contributed by atoms with Crippen LogP contribution in [0.15, 0.2) is 66.7 Å². The molecule has 0 radical (unpaired) electrons. The quantitative estimate of drug-likeness (QED) is 0.186. The minimum Gasteiger partial charge on any atom is -0.508 e. The van der Waals surface area contributed by atoms with Crippen molar-refractivity contribution in [2.45, 2.75) is 50.5 Å². The lowest BCUT2D eigenvalue weighted by Crippen LogP contribution is -2.42. The first-order chi connectivity index (χ1) is 19.7. The first-order valence-electron chi connectivity index (χ1n) is 13.3. The van der Waals surface area contributed by atoms with Crippen molar-refractivity contribution in [3.63, 3.8) is 0 Å². The van der Waals surface area contributed by atoms with Gasteiger partial charge in [-0.25, -0.2) is 9.48 Å². The lowest BCUT2D eigenvalue weighted by molar-refractivity contribution is -0.139. The van der Waals surface area contributed by atoms with Gasteiger partial charge >= 0.3 is 5.97 Å². The zero-order valence-corrected chi connectivity index (χ0v) is 24.3. The van der Waals surface area contributed by atoms with E-state index in [0.29, 0.717) is 39.2 Å². The van der Waals surface area contributed by atoms with Gasteiger partial charge in [-0.15, -0.1) is 0 Å². The van der Waals surface area contributed by atoms with E-state index in [1.807, 2.05) is 24.3 Å². The summed E-state index contributed by atoms with van der Waals surface area (Å²) >= 11 is 19.1. The first-order valence-corrected chi connectivity index (χ1v) is 14.5. The number of benzene rings is 3. The van der Waals surface area contributed by atoms with Gasteiger partial charge in [-0.1, -0.05) is 65.5 Å². The third kappa shape index (κ3) is 6.70. The number of aromatic hydroxyl groups is 1. The summed E-state index contributed by atoms with van der Waals surface area (Å²) in [6.07, 6.45) is 4.03. The van der Waals surface area contributed by atoms with Crippen LogP contribution in [-0.4, -0.2) is 37.9 Å². The number of carboxylic acid groups (broad SMARTS) is 1. The van der Waals surface area contributed by atoms with Crippen molar-refractivity contribution in [3.8, 4) is 11.4 Å². The molecule has 0 aliphatic heterocycles. The number of carbonyl (C=O) groups excluding carboxylic acids is 1. The Hall–Kier alpha value is -3.52. The van der Waals surface area contributed by atoms with Crippen molar-refractivity contribution in [2.24, 2.45) is 0 Å². The number of halogens is 3. The molecule has 212 valence electrons.